The first-order chi connectivity index (χ1) is 9.48. The monoisotopic (exact) mass is 276 g/mol. The van der Waals surface area contributed by atoms with Crippen molar-refractivity contribution in [2.24, 2.45) is 5.41 Å². The van der Waals surface area contributed by atoms with E-state index in [0.29, 0.717) is 13.0 Å². The molecule has 4 nitrogen and oxygen atoms in total. The number of carbonyl (C=O) groups is 1. The highest BCUT2D eigenvalue weighted by atomic mass is 16.5. The maximum absolute atomic E-state index is 11.8. The quantitative estimate of drug-likeness (QED) is 0.862. The van der Waals surface area contributed by atoms with Gasteiger partial charge in [-0.15, -0.1) is 0 Å². The summed E-state index contributed by atoms with van der Waals surface area (Å²) in [6, 6.07) is 8.34. The Morgan fingerprint density at radius 2 is 1.95 bits per heavy atom. The van der Waals surface area contributed by atoms with Crippen LogP contribution in [0.4, 0.5) is 5.69 Å². The van der Waals surface area contributed by atoms with E-state index in [-0.39, 0.29) is 11.3 Å². The fraction of sp³-hybridized carbons (Fsp3) is 0.562. The van der Waals surface area contributed by atoms with Crippen molar-refractivity contribution in [2.45, 2.75) is 19.8 Å². The zero-order chi connectivity index (χ0) is 14.6. The number of amides is 1. The highest BCUT2D eigenvalue weighted by molar-refractivity contribution is 5.76. The van der Waals surface area contributed by atoms with Crippen LogP contribution in [0.2, 0.25) is 0 Å². The maximum Gasteiger partial charge on any atom is 0.220 e. The number of hydrogen-bond donors (Lipinski definition) is 1. The van der Waals surface area contributed by atoms with E-state index >= 15 is 0 Å². The van der Waals surface area contributed by atoms with Crippen molar-refractivity contribution in [1.82, 2.24) is 5.32 Å². The molecule has 1 aromatic rings. The van der Waals surface area contributed by atoms with Gasteiger partial charge in [0.2, 0.25) is 5.91 Å². The molecule has 0 aliphatic carbocycles. The van der Waals surface area contributed by atoms with Crippen molar-refractivity contribution in [3.05, 3.63) is 29.8 Å². The molecule has 1 aromatic carbocycles. The molecule has 0 bridgehead atoms. The molecule has 0 unspecified atom stereocenters. The van der Waals surface area contributed by atoms with E-state index < -0.39 is 0 Å². The molecule has 1 aliphatic rings. The minimum absolute atomic E-state index is 0.120. The van der Waals surface area contributed by atoms with Gasteiger partial charge in [0, 0.05) is 38.2 Å². The lowest BCUT2D eigenvalue weighted by Crippen LogP contribution is -2.48. The van der Waals surface area contributed by atoms with E-state index in [2.05, 4.69) is 41.4 Å². The molecule has 4 heteroatoms. The van der Waals surface area contributed by atoms with E-state index in [0.717, 1.165) is 19.6 Å². The molecule has 0 atom stereocenters. The van der Waals surface area contributed by atoms with Gasteiger partial charge in [-0.25, -0.2) is 0 Å². The summed E-state index contributed by atoms with van der Waals surface area (Å²) in [5.74, 6) is 0.120. The van der Waals surface area contributed by atoms with Gasteiger partial charge in [0.05, 0.1) is 13.2 Å². The SMILES string of the molecule is CN(C)c1ccc(CCC(=O)NCC2(C)COC2)cc1. The standard InChI is InChI=1S/C16H24N2O2/c1-16(11-20-12-16)10-17-15(19)9-6-13-4-7-14(8-5-13)18(2)3/h4-5,7-8H,6,9-12H2,1-3H3,(H,17,19). The van der Waals surface area contributed by atoms with Gasteiger partial charge >= 0.3 is 0 Å². The molecule has 0 spiro atoms. The Morgan fingerprint density at radius 1 is 1.30 bits per heavy atom. The van der Waals surface area contributed by atoms with E-state index in [1.54, 1.807) is 0 Å². The lowest BCUT2D eigenvalue weighted by Gasteiger charge is -2.38. The fourth-order valence-electron chi connectivity index (χ4n) is 2.17. The molecule has 0 saturated carbocycles. The van der Waals surface area contributed by atoms with Crippen molar-refractivity contribution in [1.29, 1.82) is 0 Å². The molecule has 1 heterocycles. The Labute approximate surface area is 121 Å². The third-order valence-corrected chi connectivity index (χ3v) is 3.71. The van der Waals surface area contributed by atoms with Gasteiger partial charge in [0.15, 0.2) is 0 Å². The summed E-state index contributed by atoms with van der Waals surface area (Å²) >= 11 is 0. The molecule has 2 rings (SSSR count). The van der Waals surface area contributed by atoms with Crippen LogP contribution in [0.1, 0.15) is 18.9 Å². The summed E-state index contributed by atoms with van der Waals surface area (Å²) in [6.07, 6.45) is 1.32. The number of anilines is 1. The molecule has 0 aromatic heterocycles. The van der Waals surface area contributed by atoms with Crippen LogP contribution in [-0.2, 0) is 16.0 Å². The molecule has 0 radical (unpaired) electrons. The Bertz CT molecular complexity index is 450. The molecule has 20 heavy (non-hydrogen) atoms. The number of nitrogens with one attached hydrogen (secondary N) is 1. The normalized spacial score (nSPS) is 16.4. The van der Waals surface area contributed by atoms with Gasteiger partial charge in [-0.3, -0.25) is 4.79 Å². The number of carbonyl (C=O) groups excluding carboxylic acids is 1. The average Bonchev–Trinajstić information content (AvgIpc) is 2.41. The molecule has 110 valence electrons. The van der Waals surface area contributed by atoms with Gasteiger partial charge in [0.25, 0.3) is 0 Å². The van der Waals surface area contributed by atoms with Crippen LogP contribution in [0.3, 0.4) is 0 Å². The van der Waals surface area contributed by atoms with Crippen molar-refractivity contribution in [3.8, 4) is 0 Å². The van der Waals surface area contributed by atoms with Crippen LogP contribution in [0.15, 0.2) is 24.3 Å². The Morgan fingerprint density at radius 3 is 2.45 bits per heavy atom. The van der Waals surface area contributed by atoms with Crippen molar-refractivity contribution in [3.63, 3.8) is 0 Å². The number of rotatable bonds is 6. The molecule has 1 fully saturated rings. The van der Waals surface area contributed by atoms with Gasteiger partial charge in [-0.1, -0.05) is 19.1 Å². The third-order valence-electron chi connectivity index (χ3n) is 3.71. The van der Waals surface area contributed by atoms with Crippen LogP contribution in [0, 0.1) is 5.41 Å². The smallest absolute Gasteiger partial charge is 0.220 e. The number of hydrogen-bond acceptors (Lipinski definition) is 3. The van der Waals surface area contributed by atoms with Crippen LogP contribution >= 0.6 is 0 Å². The Kier molecular flexibility index (Phi) is 4.65. The number of benzene rings is 1. The molecule has 1 saturated heterocycles. The minimum Gasteiger partial charge on any atom is -0.380 e. The highest BCUT2D eigenvalue weighted by Gasteiger charge is 2.33. The number of aryl methyl sites for hydroxylation is 1. The largest absolute Gasteiger partial charge is 0.380 e. The van der Waals surface area contributed by atoms with Crippen LogP contribution in [0.5, 0.6) is 0 Å². The van der Waals surface area contributed by atoms with E-state index in [9.17, 15) is 4.79 Å². The molecule has 1 aliphatic heterocycles. The van der Waals surface area contributed by atoms with Gasteiger partial charge in [0.1, 0.15) is 0 Å². The van der Waals surface area contributed by atoms with Crippen molar-refractivity contribution >= 4 is 11.6 Å². The number of ether oxygens (including phenoxy) is 1. The molecular weight excluding hydrogens is 252 g/mol. The maximum atomic E-state index is 11.8. The van der Waals surface area contributed by atoms with E-state index in [1.165, 1.54) is 11.3 Å². The summed E-state index contributed by atoms with van der Waals surface area (Å²) < 4.78 is 5.17. The van der Waals surface area contributed by atoms with Crippen LogP contribution in [0.25, 0.3) is 0 Å². The summed E-state index contributed by atoms with van der Waals surface area (Å²) in [6.45, 7) is 4.35. The minimum atomic E-state index is 0.120. The first-order valence-corrected chi connectivity index (χ1v) is 7.09. The third kappa shape index (κ3) is 3.97. The summed E-state index contributed by atoms with van der Waals surface area (Å²) in [7, 11) is 4.04. The van der Waals surface area contributed by atoms with Crippen LogP contribution in [-0.4, -0.2) is 39.8 Å². The Hall–Kier alpha value is -1.55. The summed E-state index contributed by atoms with van der Waals surface area (Å²) in [5.41, 5.74) is 2.52. The Balaban J connectivity index is 1.72. The first-order valence-electron chi connectivity index (χ1n) is 7.09. The molecular formula is C16H24N2O2. The van der Waals surface area contributed by atoms with Crippen LogP contribution < -0.4 is 10.2 Å². The summed E-state index contributed by atoms with van der Waals surface area (Å²) in [4.78, 5) is 13.9. The first kappa shape index (κ1) is 14.9. The van der Waals surface area contributed by atoms with Crippen molar-refractivity contribution in [2.75, 3.05) is 38.8 Å². The highest BCUT2D eigenvalue weighted by Crippen LogP contribution is 2.25. The van der Waals surface area contributed by atoms with Gasteiger partial charge < -0.3 is 15.0 Å². The number of nitrogens with zero attached hydrogens (tertiary/aromatic N) is 1. The van der Waals surface area contributed by atoms with E-state index in [4.69, 9.17) is 4.74 Å². The zero-order valence-corrected chi connectivity index (χ0v) is 12.6. The second-order valence-corrected chi connectivity index (χ2v) is 6.14. The molecule has 1 N–H and O–H groups in total. The van der Waals surface area contributed by atoms with Gasteiger partial charge in [-0.2, -0.15) is 0 Å². The van der Waals surface area contributed by atoms with E-state index in [1.807, 2.05) is 14.1 Å². The summed E-state index contributed by atoms with van der Waals surface area (Å²) in [5, 5.41) is 3.00. The van der Waals surface area contributed by atoms with Gasteiger partial charge in [-0.05, 0) is 24.1 Å². The molecule has 1 amide bonds. The predicted molar refractivity (Wildman–Crippen MR) is 81.0 cm³/mol. The van der Waals surface area contributed by atoms with Crippen molar-refractivity contribution < 1.29 is 9.53 Å². The lowest BCUT2D eigenvalue weighted by molar-refractivity contribution is -0.126. The second kappa shape index (κ2) is 6.27. The topological polar surface area (TPSA) is 41.6 Å². The fourth-order valence-corrected chi connectivity index (χ4v) is 2.17. The average molecular weight is 276 g/mol. The lowest BCUT2D eigenvalue weighted by atomic mass is 9.89. The zero-order valence-electron chi connectivity index (χ0n) is 12.6. The second-order valence-electron chi connectivity index (χ2n) is 6.14. The predicted octanol–water partition coefficient (Wildman–Crippen LogP) is 1.84.